The lowest BCUT2D eigenvalue weighted by atomic mass is 10.2. The second-order valence-corrected chi connectivity index (χ2v) is 7.76. The van der Waals surface area contributed by atoms with Gasteiger partial charge in [0.05, 0.1) is 5.69 Å². The highest BCUT2D eigenvalue weighted by Gasteiger charge is 2.05. The molecule has 4 aromatic rings. The molecule has 6 nitrogen and oxygen atoms in total. The monoisotopic (exact) mass is 438 g/mol. The van der Waals surface area contributed by atoms with Gasteiger partial charge in [0.1, 0.15) is 12.4 Å². The van der Waals surface area contributed by atoms with Crippen LogP contribution < -0.4 is 10.1 Å². The number of carbonyl (C=O) groups is 1. The van der Waals surface area contributed by atoms with E-state index in [0.29, 0.717) is 13.2 Å². The number of amides is 1. The number of aryl methyl sites for hydroxylation is 2. The maximum atomic E-state index is 12.3. The summed E-state index contributed by atoms with van der Waals surface area (Å²) in [6.07, 6.45) is 5.05. The Bertz CT molecular complexity index is 1240. The van der Waals surface area contributed by atoms with Gasteiger partial charge in [-0.3, -0.25) is 4.79 Å². The lowest BCUT2D eigenvalue weighted by molar-refractivity contribution is -0.116. The fourth-order valence-electron chi connectivity index (χ4n) is 3.38. The van der Waals surface area contributed by atoms with Gasteiger partial charge in [-0.05, 0) is 60.9 Å². The zero-order chi connectivity index (χ0) is 23.0. The molecule has 0 radical (unpaired) electrons. The van der Waals surface area contributed by atoms with Gasteiger partial charge in [-0.2, -0.15) is 5.10 Å². The van der Waals surface area contributed by atoms with Gasteiger partial charge in [-0.25, -0.2) is 9.67 Å². The van der Waals surface area contributed by atoms with Gasteiger partial charge in [0.25, 0.3) is 0 Å². The van der Waals surface area contributed by atoms with Crippen LogP contribution in [0.15, 0.2) is 85.1 Å². The summed E-state index contributed by atoms with van der Waals surface area (Å²) >= 11 is 0. The zero-order valence-electron chi connectivity index (χ0n) is 18.7. The SMILES string of the molecule is Cc1cc(C)n(-c2ccc(CNC(=O)/C=C/c3cccc(OCc4ccccc4)c3)cn2)n1. The number of rotatable bonds is 8. The van der Waals surface area contributed by atoms with Crippen LogP contribution in [0.5, 0.6) is 5.75 Å². The molecule has 1 amide bonds. The summed E-state index contributed by atoms with van der Waals surface area (Å²) in [6.45, 7) is 4.84. The molecule has 0 spiro atoms. The number of hydrogen-bond donors (Lipinski definition) is 1. The summed E-state index contributed by atoms with van der Waals surface area (Å²) in [5, 5.41) is 7.32. The molecule has 33 heavy (non-hydrogen) atoms. The number of nitrogens with zero attached hydrogens (tertiary/aromatic N) is 3. The van der Waals surface area contributed by atoms with Crippen molar-refractivity contribution in [2.75, 3.05) is 0 Å². The quantitative estimate of drug-likeness (QED) is 0.402. The highest BCUT2D eigenvalue weighted by molar-refractivity contribution is 5.91. The molecule has 0 bridgehead atoms. The second kappa shape index (κ2) is 10.4. The molecule has 2 heterocycles. The van der Waals surface area contributed by atoms with Gasteiger partial charge >= 0.3 is 0 Å². The Morgan fingerprint density at radius 2 is 1.85 bits per heavy atom. The van der Waals surface area contributed by atoms with Crippen molar-refractivity contribution < 1.29 is 9.53 Å². The Morgan fingerprint density at radius 1 is 1.00 bits per heavy atom. The number of nitrogens with one attached hydrogen (secondary N) is 1. The van der Waals surface area contributed by atoms with Gasteiger partial charge in [-0.15, -0.1) is 0 Å². The molecule has 0 atom stereocenters. The van der Waals surface area contributed by atoms with Crippen molar-refractivity contribution in [3.63, 3.8) is 0 Å². The van der Waals surface area contributed by atoms with Gasteiger partial charge in [0, 0.05) is 24.5 Å². The van der Waals surface area contributed by atoms with Crippen LogP contribution in [0, 0.1) is 13.8 Å². The molecule has 0 saturated carbocycles. The molecular formula is C27H26N4O2. The first-order chi connectivity index (χ1) is 16.1. The molecular weight excluding hydrogens is 412 g/mol. The molecule has 1 N–H and O–H groups in total. The molecule has 0 unspecified atom stereocenters. The van der Waals surface area contributed by atoms with Gasteiger partial charge in [-0.1, -0.05) is 48.5 Å². The van der Waals surface area contributed by atoms with Crippen molar-refractivity contribution in [1.82, 2.24) is 20.1 Å². The van der Waals surface area contributed by atoms with E-state index in [9.17, 15) is 4.79 Å². The van der Waals surface area contributed by atoms with Gasteiger partial charge < -0.3 is 10.1 Å². The van der Waals surface area contributed by atoms with E-state index in [1.165, 1.54) is 6.08 Å². The molecule has 4 rings (SSSR count). The van der Waals surface area contributed by atoms with Crippen LogP contribution >= 0.6 is 0 Å². The van der Waals surface area contributed by atoms with Crippen LogP contribution in [0.25, 0.3) is 11.9 Å². The van der Waals surface area contributed by atoms with Crippen LogP contribution in [0.2, 0.25) is 0 Å². The second-order valence-electron chi connectivity index (χ2n) is 7.76. The van der Waals surface area contributed by atoms with Gasteiger partial charge in [0.15, 0.2) is 5.82 Å². The number of hydrogen-bond acceptors (Lipinski definition) is 4. The summed E-state index contributed by atoms with van der Waals surface area (Å²) in [6, 6.07) is 23.5. The molecule has 0 saturated heterocycles. The van der Waals surface area contributed by atoms with E-state index in [-0.39, 0.29) is 5.91 Å². The number of benzene rings is 2. The van der Waals surface area contributed by atoms with Crippen LogP contribution in [-0.2, 0) is 17.9 Å². The molecule has 0 aliphatic heterocycles. The molecule has 2 aromatic heterocycles. The molecule has 166 valence electrons. The zero-order valence-corrected chi connectivity index (χ0v) is 18.7. The lowest BCUT2D eigenvalue weighted by Crippen LogP contribution is -2.20. The maximum Gasteiger partial charge on any atom is 0.244 e. The number of pyridine rings is 1. The Kier molecular flexibility index (Phi) is 6.95. The molecule has 0 fully saturated rings. The first-order valence-electron chi connectivity index (χ1n) is 10.8. The predicted octanol–water partition coefficient (Wildman–Crippen LogP) is 4.79. The summed E-state index contributed by atoms with van der Waals surface area (Å²) in [5.74, 6) is 1.34. The Balaban J connectivity index is 1.29. The first kappa shape index (κ1) is 22.0. The van der Waals surface area contributed by atoms with Crippen LogP contribution in [0.4, 0.5) is 0 Å². The minimum Gasteiger partial charge on any atom is -0.489 e. The van der Waals surface area contributed by atoms with Crippen molar-refractivity contribution in [3.05, 3.63) is 113 Å². The van der Waals surface area contributed by atoms with Crippen LogP contribution in [0.3, 0.4) is 0 Å². The van der Waals surface area contributed by atoms with E-state index >= 15 is 0 Å². The lowest BCUT2D eigenvalue weighted by Gasteiger charge is -2.07. The van der Waals surface area contributed by atoms with Crippen molar-refractivity contribution in [2.24, 2.45) is 0 Å². The fourth-order valence-corrected chi connectivity index (χ4v) is 3.38. The average molecular weight is 439 g/mol. The summed E-state index contributed by atoms with van der Waals surface area (Å²) in [7, 11) is 0. The highest BCUT2D eigenvalue weighted by Crippen LogP contribution is 2.16. The highest BCUT2D eigenvalue weighted by atomic mass is 16.5. The molecule has 2 aromatic carbocycles. The van der Waals surface area contributed by atoms with E-state index in [2.05, 4.69) is 15.4 Å². The van der Waals surface area contributed by atoms with E-state index in [1.807, 2.05) is 86.6 Å². The van der Waals surface area contributed by atoms with E-state index in [1.54, 1.807) is 17.0 Å². The first-order valence-corrected chi connectivity index (χ1v) is 10.8. The Labute approximate surface area is 193 Å². The maximum absolute atomic E-state index is 12.3. The van der Waals surface area contributed by atoms with Crippen LogP contribution in [0.1, 0.15) is 28.1 Å². The largest absolute Gasteiger partial charge is 0.489 e. The van der Waals surface area contributed by atoms with Gasteiger partial charge in [0.2, 0.25) is 5.91 Å². The minimum atomic E-state index is -0.173. The number of carbonyl (C=O) groups excluding carboxylic acids is 1. The number of aromatic nitrogens is 3. The normalized spacial score (nSPS) is 11.0. The van der Waals surface area contributed by atoms with Crippen LogP contribution in [-0.4, -0.2) is 20.7 Å². The smallest absolute Gasteiger partial charge is 0.244 e. The van der Waals surface area contributed by atoms with E-state index < -0.39 is 0 Å². The number of ether oxygens (including phenoxy) is 1. The molecule has 0 aliphatic rings. The van der Waals surface area contributed by atoms with E-state index in [4.69, 9.17) is 4.74 Å². The summed E-state index contributed by atoms with van der Waals surface area (Å²) in [4.78, 5) is 16.7. The van der Waals surface area contributed by atoms with Crippen molar-refractivity contribution >= 4 is 12.0 Å². The van der Waals surface area contributed by atoms with E-state index in [0.717, 1.165) is 39.6 Å². The third-order valence-electron chi connectivity index (χ3n) is 5.04. The Morgan fingerprint density at radius 3 is 2.58 bits per heavy atom. The molecule has 0 aliphatic carbocycles. The Hall–Kier alpha value is -4.19. The fraction of sp³-hybridized carbons (Fsp3) is 0.148. The van der Waals surface area contributed by atoms with Crippen molar-refractivity contribution in [2.45, 2.75) is 27.0 Å². The average Bonchev–Trinajstić information content (AvgIpc) is 3.19. The summed E-state index contributed by atoms with van der Waals surface area (Å²) in [5.41, 5.74) is 4.90. The molecule has 6 heteroatoms. The van der Waals surface area contributed by atoms with Crippen molar-refractivity contribution in [3.8, 4) is 11.6 Å². The standard InChI is InChI=1S/C27H26N4O2/c1-20-15-21(2)31(30-20)26-13-11-24(17-28-26)18-29-27(32)14-12-22-9-6-10-25(16-22)33-19-23-7-4-3-5-8-23/h3-17H,18-19H2,1-2H3,(H,29,32)/b14-12+. The predicted molar refractivity (Wildman–Crippen MR) is 129 cm³/mol. The summed E-state index contributed by atoms with van der Waals surface area (Å²) < 4.78 is 7.65. The topological polar surface area (TPSA) is 69.0 Å². The third kappa shape index (κ3) is 6.17. The minimum absolute atomic E-state index is 0.173. The van der Waals surface area contributed by atoms with Crippen molar-refractivity contribution in [1.29, 1.82) is 0 Å². The third-order valence-corrected chi connectivity index (χ3v) is 5.04.